The summed E-state index contributed by atoms with van der Waals surface area (Å²) in [7, 11) is 1.65. The maximum atomic E-state index is 12.9. The number of hydrogen-bond donors (Lipinski definition) is 3. The molecule has 0 spiro atoms. The molecule has 1 saturated heterocycles. The maximum absolute atomic E-state index is 12.9. The SMILES string of the molecule is CCOC(=O)c1cnc(N/C(C=NC)=C/N)nc1NC1CCC(N2CCN(C(=O)C3CCCCC3)CC2)CC1. The lowest BCUT2D eigenvalue weighted by molar-refractivity contribution is -0.138. The highest BCUT2D eigenvalue weighted by Gasteiger charge is 2.32. The normalized spacial score (nSPS) is 23.5. The van der Waals surface area contributed by atoms with Gasteiger partial charge in [-0.2, -0.15) is 4.98 Å². The van der Waals surface area contributed by atoms with E-state index in [1.807, 2.05) is 0 Å². The minimum atomic E-state index is -0.453. The Labute approximate surface area is 231 Å². The number of ether oxygens (including phenoxy) is 1. The molecule has 2 heterocycles. The van der Waals surface area contributed by atoms with Crippen molar-refractivity contribution in [1.82, 2.24) is 19.8 Å². The van der Waals surface area contributed by atoms with Crippen LogP contribution in [0.5, 0.6) is 0 Å². The summed E-state index contributed by atoms with van der Waals surface area (Å²) >= 11 is 0. The average molecular weight is 541 g/mol. The minimum Gasteiger partial charge on any atom is -0.462 e. The topological polar surface area (TPSA) is 138 Å². The van der Waals surface area contributed by atoms with E-state index < -0.39 is 5.97 Å². The highest BCUT2D eigenvalue weighted by Crippen LogP contribution is 2.29. The van der Waals surface area contributed by atoms with Crippen molar-refractivity contribution in [2.75, 3.05) is 50.5 Å². The number of piperazine rings is 1. The maximum Gasteiger partial charge on any atom is 0.343 e. The molecule has 3 aliphatic rings. The fourth-order valence-corrected chi connectivity index (χ4v) is 5.99. The summed E-state index contributed by atoms with van der Waals surface area (Å²) in [5.41, 5.74) is 6.52. The molecule has 214 valence electrons. The molecular weight excluding hydrogens is 496 g/mol. The van der Waals surface area contributed by atoms with Crippen molar-refractivity contribution in [1.29, 1.82) is 0 Å². The van der Waals surface area contributed by atoms with Crippen LogP contribution in [0.4, 0.5) is 11.8 Å². The number of allylic oxidation sites excluding steroid dienone is 1. The van der Waals surface area contributed by atoms with Crippen LogP contribution < -0.4 is 16.4 Å². The predicted molar refractivity (Wildman–Crippen MR) is 153 cm³/mol. The number of nitrogens with two attached hydrogens (primary N) is 1. The molecule has 4 N–H and O–H groups in total. The summed E-state index contributed by atoms with van der Waals surface area (Å²) in [5.74, 6) is 0.951. The van der Waals surface area contributed by atoms with Crippen molar-refractivity contribution in [3.8, 4) is 0 Å². The molecule has 0 aromatic carbocycles. The second-order valence-corrected chi connectivity index (χ2v) is 10.7. The first-order chi connectivity index (χ1) is 19.0. The first kappa shape index (κ1) is 28.8. The molecule has 1 aliphatic heterocycles. The summed E-state index contributed by atoms with van der Waals surface area (Å²) < 4.78 is 5.23. The minimum absolute atomic E-state index is 0.188. The van der Waals surface area contributed by atoms with Gasteiger partial charge >= 0.3 is 5.97 Å². The molecule has 0 unspecified atom stereocenters. The molecule has 11 nitrogen and oxygen atoms in total. The van der Waals surface area contributed by atoms with Crippen LogP contribution in [-0.2, 0) is 9.53 Å². The summed E-state index contributed by atoms with van der Waals surface area (Å²) in [5, 5.41) is 6.51. The summed E-state index contributed by atoms with van der Waals surface area (Å²) in [4.78, 5) is 43.0. The largest absolute Gasteiger partial charge is 0.462 e. The van der Waals surface area contributed by atoms with Crippen molar-refractivity contribution in [3.05, 3.63) is 23.7 Å². The summed E-state index contributed by atoms with van der Waals surface area (Å²) in [6.45, 7) is 5.64. The van der Waals surface area contributed by atoms with E-state index >= 15 is 0 Å². The lowest BCUT2D eigenvalue weighted by atomic mass is 9.88. The summed E-state index contributed by atoms with van der Waals surface area (Å²) in [6, 6.07) is 0.709. The van der Waals surface area contributed by atoms with Gasteiger partial charge in [-0.15, -0.1) is 0 Å². The number of aliphatic imine (C=N–C) groups is 1. The molecule has 1 aromatic heterocycles. The van der Waals surface area contributed by atoms with Crippen molar-refractivity contribution < 1.29 is 14.3 Å². The number of rotatable bonds is 9. The Balaban J connectivity index is 1.32. The first-order valence-corrected chi connectivity index (χ1v) is 14.5. The first-order valence-electron chi connectivity index (χ1n) is 14.5. The van der Waals surface area contributed by atoms with E-state index in [0.717, 1.165) is 64.7 Å². The van der Waals surface area contributed by atoms with Crippen LogP contribution in [0.25, 0.3) is 0 Å². The molecular formula is C28H44N8O3. The monoisotopic (exact) mass is 540 g/mol. The van der Waals surface area contributed by atoms with Gasteiger partial charge in [0.2, 0.25) is 11.9 Å². The van der Waals surface area contributed by atoms with Gasteiger partial charge in [0.25, 0.3) is 0 Å². The number of carbonyl (C=O) groups excluding carboxylic acids is 2. The van der Waals surface area contributed by atoms with Crippen LogP contribution in [-0.4, -0.2) is 89.8 Å². The molecule has 39 heavy (non-hydrogen) atoms. The van der Waals surface area contributed by atoms with Gasteiger partial charge in [0, 0.05) is 69.8 Å². The van der Waals surface area contributed by atoms with Gasteiger partial charge < -0.3 is 26.0 Å². The van der Waals surface area contributed by atoms with Gasteiger partial charge in [0.15, 0.2) is 0 Å². The van der Waals surface area contributed by atoms with Gasteiger partial charge in [0.1, 0.15) is 11.4 Å². The van der Waals surface area contributed by atoms with E-state index in [0.29, 0.717) is 35.0 Å². The molecule has 4 rings (SSSR count). The van der Waals surface area contributed by atoms with Crippen molar-refractivity contribution >= 4 is 29.9 Å². The van der Waals surface area contributed by atoms with Gasteiger partial charge in [-0.3, -0.25) is 14.7 Å². The Bertz CT molecular complexity index is 1020. The number of amides is 1. The number of anilines is 2. The third-order valence-corrected chi connectivity index (χ3v) is 8.12. The highest BCUT2D eigenvalue weighted by molar-refractivity contribution is 5.94. The van der Waals surface area contributed by atoms with E-state index in [1.165, 1.54) is 31.7 Å². The summed E-state index contributed by atoms with van der Waals surface area (Å²) in [6.07, 6.45) is 14.3. The Morgan fingerprint density at radius 1 is 1.10 bits per heavy atom. The number of nitrogens with zero attached hydrogens (tertiary/aromatic N) is 5. The standard InChI is InChI=1S/C28H44N8O3/c1-3-39-27(38)24-19-31-28(33-22(17-29)18-30-2)34-25(24)32-21-9-11-23(12-10-21)35-13-15-36(16-14-35)26(37)20-7-5-4-6-8-20/h17-21,23H,3-16,29H2,1-2H3,(H2,31,32,33,34)/b22-17+,30-18?. The molecule has 1 aromatic rings. The molecule has 0 radical (unpaired) electrons. The van der Waals surface area contributed by atoms with E-state index in [-0.39, 0.29) is 18.6 Å². The molecule has 1 amide bonds. The molecule has 3 fully saturated rings. The smallest absolute Gasteiger partial charge is 0.343 e. The molecule has 2 saturated carbocycles. The van der Waals surface area contributed by atoms with Gasteiger partial charge in [-0.05, 0) is 45.4 Å². The van der Waals surface area contributed by atoms with Crippen LogP contribution in [0.2, 0.25) is 0 Å². The van der Waals surface area contributed by atoms with Gasteiger partial charge in [-0.1, -0.05) is 19.3 Å². The number of nitrogens with one attached hydrogen (secondary N) is 2. The zero-order valence-electron chi connectivity index (χ0n) is 23.4. The van der Waals surface area contributed by atoms with Crippen LogP contribution in [0, 0.1) is 5.92 Å². The van der Waals surface area contributed by atoms with Crippen LogP contribution in [0.3, 0.4) is 0 Å². The number of carbonyl (C=O) groups is 2. The van der Waals surface area contributed by atoms with Gasteiger partial charge in [-0.25, -0.2) is 9.78 Å². The third kappa shape index (κ3) is 7.68. The molecule has 0 bridgehead atoms. The Hall–Kier alpha value is -3.21. The highest BCUT2D eigenvalue weighted by atomic mass is 16.5. The molecule has 0 atom stereocenters. The quantitative estimate of drug-likeness (QED) is 0.319. The molecule has 11 heteroatoms. The predicted octanol–water partition coefficient (Wildman–Crippen LogP) is 3.01. The van der Waals surface area contributed by atoms with Crippen LogP contribution in [0.15, 0.2) is 23.1 Å². The number of aromatic nitrogens is 2. The number of esters is 1. The fraction of sp³-hybridized carbons (Fsp3) is 0.679. The Kier molecular flexibility index (Phi) is 10.5. The average Bonchev–Trinajstić information content (AvgIpc) is 2.98. The third-order valence-electron chi connectivity index (χ3n) is 8.12. The van der Waals surface area contributed by atoms with Crippen LogP contribution >= 0.6 is 0 Å². The lowest BCUT2D eigenvalue weighted by Crippen LogP contribution is -2.54. The fourth-order valence-electron chi connectivity index (χ4n) is 5.99. The van der Waals surface area contributed by atoms with Crippen molar-refractivity contribution in [2.24, 2.45) is 16.6 Å². The van der Waals surface area contributed by atoms with Crippen LogP contribution in [0.1, 0.15) is 75.1 Å². The van der Waals surface area contributed by atoms with Gasteiger partial charge in [0.05, 0.1) is 12.3 Å². The van der Waals surface area contributed by atoms with E-state index in [2.05, 4.69) is 35.4 Å². The number of hydrogen-bond acceptors (Lipinski definition) is 10. The second-order valence-electron chi connectivity index (χ2n) is 10.7. The van der Waals surface area contributed by atoms with E-state index in [9.17, 15) is 9.59 Å². The van der Waals surface area contributed by atoms with Crippen molar-refractivity contribution in [2.45, 2.75) is 76.8 Å². The van der Waals surface area contributed by atoms with E-state index in [4.69, 9.17) is 10.5 Å². The molecule has 2 aliphatic carbocycles. The Morgan fingerprint density at radius 3 is 2.46 bits per heavy atom. The Morgan fingerprint density at radius 2 is 1.82 bits per heavy atom. The lowest BCUT2D eigenvalue weighted by Gasteiger charge is -2.43. The van der Waals surface area contributed by atoms with Crippen molar-refractivity contribution in [3.63, 3.8) is 0 Å². The van der Waals surface area contributed by atoms with E-state index in [1.54, 1.807) is 20.2 Å². The zero-order chi connectivity index (χ0) is 27.6. The zero-order valence-corrected chi connectivity index (χ0v) is 23.4. The second kappa shape index (κ2) is 14.3.